The molecule has 0 spiro atoms. The number of rotatable bonds is 3. The number of ether oxygens (including phenoxy) is 1. The second-order valence-corrected chi connectivity index (χ2v) is 7.82. The summed E-state index contributed by atoms with van der Waals surface area (Å²) in [4.78, 5) is 0. The van der Waals surface area contributed by atoms with Crippen LogP contribution in [0.1, 0.15) is 32.1 Å². The summed E-state index contributed by atoms with van der Waals surface area (Å²) in [5.74, 6) is 0.307. The lowest BCUT2D eigenvalue weighted by Crippen LogP contribution is -2.41. The molecule has 0 amide bonds. The van der Waals surface area contributed by atoms with Gasteiger partial charge in [0, 0.05) is 26.3 Å². The number of piperidine rings is 1. The first kappa shape index (κ1) is 14.8. The third-order valence-corrected chi connectivity index (χ3v) is 5.59. The van der Waals surface area contributed by atoms with E-state index in [4.69, 9.17) is 4.74 Å². The average molecular weight is 286 g/mol. The van der Waals surface area contributed by atoms with E-state index in [1.165, 1.54) is 6.26 Å². The number of nitriles is 1. The first-order chi connectivity index (χ1) is 8.95. The van der Waals surface area contributed by atoms with E-state index in [0.717, 1.165) is 32.1 Å². The molecule has 5 nitrogen and oxygen atoms in total. The SMILES string of the molecule is CS(=O)(=O)N1CCCC(CC2(C#N)CCOCC2)C1. The fourth-order valence-corrected chi connectivity index (χ4v) is 4.11. The highest BCUT2D eigenvalue weighted by Gasteiger charge is 2.37. The van der Waals surface area contributed by atoms with E-state index in [0.29, 0.717) is 32.2 Å². The molecule has 0 radical (unpaired) electrons. The van der Waals surface area contributed by atoms with Crippen LogP contribution in [0.25, 0.3) is 0 Å². The zero-order valence-corrected chi connectivity index (χ0v) is 12.3. The Balaban J connectivity index is 2.00. The van der Waals surface area contributed by atoms with Crippen LogP contribution in [-0.4, -0.2) is 45.3 Å². The Morgan fingerprint density at radius 2 is 2.11 bits per heavy atom. The summed E-state index contributed by atoms with van der Waals surface area (Å²) in [6.45, 7) is 2.49. The van der Waals surface area contributed by atoms with Gasteiger partial charge >= 0.3 is 0 Å². The summed E-state index contributed by atoms with van der Waals surface area (Å²) in [5.41, 5.74) is -0.302. The zero-order valence-electron chi connectivity index (χ0n) is 11.5. The smallest absolute Gasteiger partial charge is 0.211 e. The molecule has 2 aliphatic rings. The van der Waals surface area contributed by atoms with Crippen LogP contribution in [0, 0.1) is 22.7 Å². The van der Waals surface area contributed by atoms with Crippen LogP contribution >= 0.6 is 0 Å². The van der Waals surface area contributed by atoms with Crippen molar-refractivity contribution in [3.63, 3.8) is 0 Å². The Labute approximate surface area is 115 Å². The largest absolute Gasteiger partial charge is 0.381 e. The van der Waals surface area contributed by atoms with E-state index >= 15 is 0 Å². The van der Waals surface area contributed by atoms with Gasteiger partial charge in [-0.25, -0.2) is 12.7 Å². The molecular formula is C13H22N2O3S. The van der Waals surface area contributed by atoms with Crippen molar-refractivity contribution in [3.05, 3.63) is 0 Å². The van der Waals surface area contributed by atoms with Crippen LogP contribution < -0.4 is 0 Å². The fraction of sp³-hybridized carbons (Fsp3) is 0.923. The molecule has 6 heteroatoms. The van der Waals surface area contributed by atoms with Crippen LogP contribution in [0.2, 0.25) is 0 Å². The van der Waals surface area contributed by atoms with Crippen LogP contribution in [0.5, 0.6) is 0 Å². The summed E-state index contributed by atoms with van der Waals surface area (Å²) in [5, 5.41) is 9.46. The standard InChI is InChI=1S/C13H22N2O3S/c1-19(16,17)15-6-2-3-12(10-15)9-13(11-14)4-7-18-8-5-13/h12H,2-10H2,1H3. The molecule has 0 aromatic rings. The molecule has 19 heavy (non-hydrogen) atoms. The van der Waals surface area contributed by atoms with Gasteiger partial charge in [-0.15, -0.1) is 0 Å². The number of hydrogen-bond donors (Lipinski definition) is 0. The van der Waals surface area contributed by atoms with E-state index in [1.54, 1.807) is 4.31 Å². The highest BCUT2D eigenvalue weighted by atomic mass is 32.2. The minimum absolute atomic E-state index is 0.302. The molecule has 0 aromatic carbocycles. The lowest BCUT2D eigenvalue weighted by molar-refractivity contribution is 0.0258. The van der Waals surface area contributed by atoms with Gasteiger partial charge in [-0.05, 0) is 38.0 Å². The van der Waals surface area contributed by atoms with Gasteiger partial charge in [-0.2, -0.15) is 5.26 Å². The van der Waals surface area contributed by atoms with Gasteiger partial charge in [0.05, 0.1) is 17.7 Å². The Bertz CT molecular complexity index is 449. The number of hydrogen-bond acceptors (Lipinski definition) is 4. The molecule has 1 atom stereocenters. The Morgan fingerprint density at radius 3 is 2.68 bits per heavy atom. The first-order valence-corrected chi connectivity index (χ1v) is 8.74. The lowest BCUT2D eigenvalue weighted by Gasteiger charge is -2.37. The molecule has 2 rings (SSSR count). The lowest BCUT2D eigenvalue weighted by atomic mass is 9.73. The summed E-state index contributed by atoms with van der Waals surface area (Å²) in [6, 6.07) is 2.47. The van der Waals surface area contributed by atoms with Gasteiger partial charge in [0.25, 0.3) is 0 Å². The van der Waals surface area contributed by atoms with E-state index in [2.05, 4.69) is 6.07 Å². The molecule has 2 fully saturated rings. The normalized spacial score (nSPS) is 28.7. The molecule has 0 saturated carbocycles. The average Bonchev–Trinajstić information content (AvgIpc) is 2.39. The molecule has 0 aromatic heterocycles. The molecular weight excluding hydrogens is 264 g/mol. The van der Waals surface area contributed by atoms with Crippen molar-refractivity contribution in [1.82, 2.24) is 4.31 Å². The Morgan fingerprint density at radius 1 is 1.42 bits per heavy atom. The molecule has 108 valence electrons. The van der Waals surface area contributed by atoms with Crippen LogP contribution in [-0.2, 0) is 14.8 Å². The maximum atomic E-state index is 11.6. The van der Waals surface area contributed by atoms with E-state index in [1.807, 2.05) is 0 Å². The minimum Gasteiger partial charge on any atom is -0.381 e. The van der Waals surface area contributed by atoms with Crippen molar-refractivity contribution >= 4 is 10.0 Å². The molecule has 0 bridgehead atoms. The summed E-state index contributed by atoms with van der Waals surface area (Å²) in [7, 11) is -3.10. The highest BCUT2D eigenvalue weighted by molar-refractivity contribution is 7.88. The molecule has 2 saturated heterocycles. The van der Waals surface area contributed by atoms with Gasteiger partial charge in [0.15, 0.2) is 0 Å². The third kappa shape index (κ3) is 3.68. The number of sulfonamides is 1. The predicted octanol–water partition coefficient (Wildman–Crippen LogP) is 1.37. The number of nitrogens with zero attached hydrogens (tertiary/aromatic N) is 2. The third-order valence-electron chi connectivity index (χ3n) is 4.32. The summed E-state index contributed by atoms with van der Waals surface area (Å²) < 4.78 is 30.1. The van der Waals surface area contributed by atoms with Crippen LogP contribution in [0.3, 0.4) is 0 Å². The summed E-state index contributed by atoms with van der Waals surface area (Å²) >= 11 is 0. The Kier molecular flexibility index (Phi) is 4.49. The monoisotopic (exact) mass is 286 g/mol. The van der Waals surface area contributed by atoms with E-state index in [9.17, 15) is 13.7 Å². The van der Waals surface area contributed by atoms with E-state index in [-0.39, 0.29) is 5.41 Å². The van der Waals surface area contributed by atoms with Crippen molar-refractivity contribution in [2.45, 2.75) is 32.1 Å². The van der Waals surface area contributed by atoms with E-state index < -0.39 is 10.0 Å². The fourth-order valence-electron chi connectivity index (χ4n) is 3.17. The molecule has 0 N–H and O–H groups in total. The van der Waals surface area contributed by atoms with Crippen molar-refractivity contribution < 1.29 is 13.2 Å². The van der Waals surface area contributed by atoms with Crippen LogP contribution in [0.4, 0.5) is 0 Å². The molecule has 2 aliphatic heterocycles. The Hall–Kier alpha value is -0.640. The molecule has 2 heterocycles. The van der Waals surface area contributed by atoms with Gasteiger partial charge in [0.2, 0.25) is 10.0 Å². The van der Waals surface area contributed by atoms with Gasteiger partial charge in [-0.3, -0.25) is 0 Å². The van der Waals surface area contributed by atoms with Crippen molar-refractivity contribution in [3.8, 4) is 6.07 Å². The van der Waals surface area contributed by atoms with Gasteiger partial charge in [0.1, 0.15) is 0 Å². The molecule has 1 unspecified atom stereocenters. The maximum Gasteiger partial charge on any atom is 0.211 e. The first-order valence-electron chi connectivity index (χ1n) is 6.89. The van der Waals surface area contributed by atoms with Gasteiger partial charge < -0.3 is 4.74 Å². The predicted molar refractivity (Wildman–Crippen MR) is 71.9 cm³/mol. The second kappa shape index (κ2) is 5.78. The highest BCUT2D eigenvalue weighted by Crippen LogP contribution is 2.38. The topological polar surface area (TPSA) is 70.4 Å². The maximum absolute atomic E-state index is 11.6. The minimum atomic E-state index is -3.10. The van der Waals surface area contributed by atoms with Gasteiger partial charge in [-0.1, -0.05) is 0 Å². The zero-order chi connectivity index (χ0) is 13.9. The molecule has 0 aliphatic carbocycles. The quantitative estimate of drug-likeness (QED) is 0.785. The van der Waals surface area contributed by atoms with Crippen molar-refractivity contribution in [2.75, 3.05) is 32.6 Å². The second-order valence-electron chi connectivity index (χ2n) is 5.84. The van der Waals surface area contributed by atoms with Crippen molar-refractivity contribution in [2.24, 2.45) is 11.3 Å². The van der Waals surface area contributed by atoms with Crippen molar-refractivity contribution in [1.29, 1.82) is 5.26 Å². The summed E-state index contributed by atoms with van der Waals surface area (Å²) in [6.07, 6.45) is 5.55. The van der Waals surface area contributed by atoms with Crippen LogP contribution in [0.15, 0.2) is 0 Å².